The Bertz CT molecular complexity index is 637. The van der Waals surface area contributed by atoms with Gasteiger partial charge in [0.25, 0.3) is 5.91 Å². The molecular formula is C19H20BrNO. The van der Waals surface area contributed by atoms with E-state index in [0.29, 0.717) is 12.1 Å². The van der Waals surface area contributed by atoms with Gasteiger partial charge in [0.2, 0.25) is 0 Å². The Morgan fingerprint density at radius 2 is 1.64 bits per heavy atom. The molecule has 1 atom stereocenters. The maximum atomic E-state index is 12.7. The lowest BCUT2D eigenvalue weighted by atomic mass is 10.0. The highest BCUT2D eigenvalue weighted by atomic mass is 79.9. The molecule has 3 heteroatoms. The molecule has 0 N–H and O–H groups in total. The topological polar surface area (TPSA) is 20.3 Å². The lowest BCUT2D eigenvalue weighted by Crippen LogP contribution is -2.33. The van der Waals surface area contributed by atoms with E-state index in [2.05, 4.69) is 35.0 Å². The number of hydrogen-bond donors (Lipinski definition) is 0. The maximum absolute atomic E-state index is 12.7. The Kier molecular flexibility index (Phi) is 5.96. The van der Waals surface area contributed by atoms with Crippen LogP contribution in [0.4, 0.5) is 0 Å². The minimum Gasteiger partial charge on any atom is -0.328 e. The van der Waals surface area contributed by atoms with Gasteiger partial charge in [0.1, 0.15) is 0 Å². The molecule has 1 amide bonds. The van der Waals surface area contributed by atoms with Crippen LogP contribution >= 0.6 is 15.9 Å². The number of hydrogen-bond acceptors (Lipinski definition) is 1. The highest BCUT2D eigenvalue weighted by Crippen LogP contribution is 2.24. The molecule has 2 aromatic rings. The van der Waals surface area contributed by atoms with Crippen molar-refractivity contribution in [2.45, 2.75) is 26.4 Å². The molecule has 0 aliphatic carbocycles. The second-order valence-corrected chi connectivity index (χ2v) is 5.76. The largest absolute Gasteiger partial charge is 0.328 e. The van der Waals surface area contributed by atoms with Crippen molar-refractivity contribution in [1.29, 1.82) is 0 Å². The van der Waals surface area contributed by atoms with Crippen LogP contribution in [-0.4, -0.2) is 10.8 Å². The van der Waals surface area contributed by atoms with Crippen LogP contribution in [0.5, 0.6) is 0 Å². The summed E-state index contributed by atoms with van der Waals surface area (Å²) in [5.41, 5.74) is 2.95. The smallest absolute Gasteiger partial charge is 0.250 e. The van der Waals surface area contributed by atoms with E-state index in [1.807, 2.05) is 60.4 Å². The van der Waals surface area contributed by atoms with Crippen molar-refractivity contribution in [3.8, 4) is 0 Å². The Morgan fingerprint density at radius 3 is 2.18 bits per heavy atom. The molecule has 0 spiro atoms. The fourth-order valence-electron chi connectivity index (χ4n) is 2.35. The first kappa shape index (κ1) is 16.5. The molecule has 0 saturated carbocycles. The molecule has 0 saturated heterocycles. The molecule has 0 heterocycles. The summed E-state index contributed by atoms with van der Waals surface area (Å²) in [4.78, 5) is 16.3. The van der Waals surface area contributed by atoms with Crippen molar-refractivity contribution in [2.24, 2.45) is 0 Å². The lowest BCUT2D eigenvalue weighted by Gasteiger charge is -2.30. The number of carbonyl (C=O) groups excluding carboxylic acids is 1. The summed E-state index contributed by atoms with van der Waals surface area (Å²) in [6, 6.07) is 20.2. The third kappa shape index (κ3) is 4.08. The monoisotopic (exact) mass is 357 g/mol. The van der Waals surface area contributed by atoms with Crippen LogP contribution in [0, 0.1) is 0 Å². The van der Waals surface area contributed by atoms with E-state index >= 15 is 0 Å². The summed E-state index contributed by atoms with van der Waals surface area (Å²) in [6.45, 7) is 4.48. The SMILES string of the molecule is CC(=CBr)C(=O)N(Cc1ccccc1)C(C)c1ccccc1. The molecule has 0 aromatic heterocycles. The predicted octanol–water partition coefficient (Wildman–Crippen LogP) is 5.08. The number of carbonyl (C=O) groups is 1. The van der Waals surface area contributed by atoms with Gasteiger partial charge in [0.15, 0.2) is 0 Å². The van der Waals surface area contributed by atoms with Crippen LogP contribution in [0.15, 0.2) is 71.2 Å². The molecule has 0 aliphatic heterocycles. The van der Waals surface area contributed by atoms with Crippen LogP contribution in [0.1, 0.15) is 31.0 Å². The molecule has 2 aromatic carbocycles. The average Bonchev–Trinajstić information content (AvgIpc) is 2.59. The zero-order valence-electron chi connectivity index (χ0n) is 12.9. The van der Waals surface area contributed by atoms with Crippen molar-refractivity contribution in [3.05, 3.63) is 82.3 Å². The Labute approximate surface area is 140 Å². The quantitative estimate of drug-likeness (QED) is 0.683. The number of amides is 1. The van der Waals surface area contributed by atoms with Crippen molar-refractivity contribution < 1.29 is 4.79 Å². The molecule has 2 rings (SSSR count). The fourth-order valence-corrected chi connectivity index (χ4v) is 2.55. The third-order valence-corrected chi connectivity index (χ3v) is 4.39. The maximum Gasteiger partial charge on any atom is 0.250 e. The molecule has 0 aliphatic rings. The third-order valence-electron chi connectivity index (χ3n) is 3.71. The van der Waals surface area contributed by atoms with Crippen molar-refractivity contribution >= 4 is 21.8 Å². The fraction of sp³-hybridized carbons (Fsp3) is 0.211. The Hall–Kier alpha value is -1.87. The minimum atomic E-state index is 0.0105. The van der Waals surface area contributed by atoms with Gasteiger partial charge in [-0.15, -0.1) is 0 Å². The normalized spacial score (nSPS) is 12.8. The van der Waals surface area contributed by atoms with Crippen LogP contribution in [0.3, 0.4) is 0 Å². The van der Waals surface area contributed by atoms with E-state index in [9.17, 15) is 4.79 Å². The Morgan fingerprint density at radius 1 is 1.09 bits per heavy atom. The van der Waals surface area contributed by atoms with E-state index in [4.69, 9.17) is 0 Å². The summed E-state index contributed by atoms with van der Waals surface area (Å²) in [5, 5.41) is 0. The molecule has 2 nitrogen and oxygen atoms in total. The van der Waals surface area contributed by atoms with Crippen molar-refractivity contribution in [2.75, 3.05) is 0 Å². The molecular weight excluding hydrogens is 338 g/mol. The second-order valence-electron chi connectivity index (χ2n) is 5.30. The van der Waals surface area contributed by atoms with Gasteiger partial charge >= 0.3 is 0 Å². The minimum absolute atomic E-state index is 0.0105. The highest BCUT2D eigenvalue weighted by molar-refractivity contribution is 9.11. The first-order chi connectivity index (χ1) is 10.6. The van der Waals surface area contributed by atoms with Gasteiger partial charge in [-0.25, -0.2) is 0 Å². The molecule has 0 bridgehead atoms. The summed E-state index contributed by atoms with van der Waals surface area (Å²) < 4.78 is 0. The first-order valence-corrected chi connectivity index (χ1v) is 8.22. The van der Waals surface area contributed by atoms with Crippen LogP contribution in [-0.2, 0) is 11.3 Å². The van der Waals surface area contributed by atoms with Gasteiger partial charge < -0.3 is 4.90 Å². The van der Waals surface area contributed by atoms with Crippen molar-refractivity contribution in [3.63, 3.8) is 0 Å². The zero-order valence-corrected chi connectivity index (χ0v) is 14.5. The van der Waals surface area contributed by atoms with Gasteiger partial charge in [-0.2, -0.15) is 0 Å². The van der Waals surface area contributed by atoms with E-state index in [1.54, 1.807) is 4.99 Å². The standard InChI is InChI=1S/C19H20BrNO/c1-15(13-20)19(22)21(14-17-9-5-3-6-10-17)16(2)18-11-7-4-8-12-18/h3-13,16H,14H2,1-2H3. The molecule has 0 fully saturated rings. The number of nitrogens with zero attached hydrogens (tertiary/aromatic N) is 1. The van der Waals surface area contributed by atoms with Gasteiger partial charge in [0, 0.05) is 12.1 Å². The van der Waals surface area contributed by atoms with E-state index < -0.39 is 0 Å². The molecule has 1 unspecified atom stereocenters. The second kappa shape index (κ2) is 7.95. The zero-order chi connectivity index (χ0) is 15.9. The van der Waals surface area contributed by atoms with E-state index in [-0.39, 0.29) is 11.9 Å². The van der Waals surface area contributed by atoms with Gasteiger partial charge in [-0.05, 0) is 30.0 Å². The first-order valence-electron chi connectivity index (χ1n) is 7.30. The highest BCUT2D eigenvalue weighted by Gasteiger charge is 2.22. The van der Waals surface area contributed by atoms with Gasteiger partial charge in [-0.1, -0.05) is 76.6 Å². The van der Waals surface area contributed by atoms with Crippen LogP contribution < -0.4 is 0 Å². The summed E-state index contributed by atoms with van der Waals surface area (Å²) in [6.07, 6.45) is 0. The Balaban J connectivity index is 2.31. The molecule has 0 radical (unpaired) electrons. The van der Waals surface area contributed by atoms with Gasteiger partial charge in [-0.3, -0.25) is 4.79 Å². The molecule has 114 valence electrons. The van der Waals surface area contributed by atoms with Gasteiger partial charge in [0.05, 0.1) is 6.04 Å². The van der Waals surface area contributed by atoms with Crippen LogP contribution in [0.2, 0.25) is 0 Å². The van der Waals surface area contributed by atoms with E-state index in [0.717, 1.165) is 11.1 Å². The van der Waals surface area contributed by atoms with E-state index in [1.165, 1.54) is 0 Å². The van der Waals surface area contributed by atoms with Crippen molar-refractivity contribution in [1.82, 2.24) is 4.90 Å². The lowest BCUT2D eigenvalue weighted by molar-refractivity contribution is -0.129. The summed E-state index contributed by atoms with van der Waals surface area (Å²) in [7, 11) is 0. The molecule has 22 heavy (non-hydrogen) atoms. The number of halogens is 1. The average molecular weight is 358 g/mol. The summed E-state index contributed by atoms with van der Waals surface area (Å²) in [5.74, 6) is 0.0390. The summed E-state index contributed by atoms with van der Waals surface area (Å²) >= 11 is 3.26. The number of benzene rings is 2. The predicted molar refractivity (Wildman–Crippen MR) is 94.5 cm³/mol. The number of rotatable bonds is 5. The van der Waals surface area contributed by atoms with Crippen LogP contribution in [0.25, 0.3) is 0 Å².